The molecule has 1 aromatic heterocycles. The van der Waals surface area contributed by atoms with E-state index < -0.39 is 9.84 Å². The van der Waals surface area contributed by atoms with Gasteiger partial charge in [-0.3, -0.25) is 4.79 Å². The second-order valence-electron chi connectivity index (χ2n) is 9.57. The van der Waals surface area contributed by atoms with Crippen LogP contribution in [0.1, 0.15) is 50.5 Å². The van der Waals surface area contributed by atoms with Crippen molar-refractivity contribution in [2.24, 2.45) is 18.9 Å². The van der Waals surface area contributed by atoms with Gasteiger partial charge >= 0.3 is 0 Å². The molecule has 0 spiro atoms. The third kappa shape index (κ3) is 5.81. The number of ketones is 1. The van der Waals surface area contributed by atoms with Crippen LogP contribution in [0.15, 0.2) is 66.0 Å². The Labute approximate surface area is 201 Å². The summed E-state index contributed by atoms with van der Waals surface area (Å²) in [6.07, 6.45) is 6.98. The highest BCUT2D eigenvalue weighted by Gasteiger charge is 2.30. The van der Waals surface area contributed by atoms with E-state index in [1.165, 1.54) is 12.1 Å². The zero-order valence-electron chi connectivity index (χ0n) is 19.7. The molecule has 1 saturated carbocycles. The molecule has 1 aliphatic rings. The molecule has 3 aromatic rings. The van der Waals surface area contributed by atoms with Gasteiger partial charge in [0.05, 0.1) is 22.7 Å². The monoisotopic (exact) mass is 482 g/mol. The minimum absolute atomic E-state index is 0.0143. The van der Waals surface area contributed by atoms with Crippen LogP contribution >= 0.6 is 0 Å². The van der Waals surface area contributed by atoms with E-state index in [0.29, 0.717) is 11.3 Å². The van der Waals surface area contributed by atoms with Gasteiger partial charge in [0, 0.05) is 31.1 Å². The number of halogens is 1. The third-order valence-electron chi connectivity index (χ3n) is 6.92. The highest BCUT2D eigenvalue weighted by Crippen LogP contribution is 2.34. The Morgan fingerprint density at radius 2 is 1.71 bits per heavy atom. The van der Waals surface area contributed by atoms with E-state index in [1.807, 2.05) is 24.7 Å². The normalized spacial score (nSPS) is 19.6. The van der Waals surface area contributed by atoms with E-state index >= 15 is 0 Å². The average Bonchev–Trinajstić information content (AvgIpc) is 3.26. The van der Waals surface area contributed by atoms with Crippen molar-refractivity contribution >= 4 is 15.6 Å². The summed E-state index contributed by atoms with van der Waals surface area (Å²) >= 11 is 0. The Hall–Kier alpha value is -2.80. The Morgan fingerprint density at radius 1 is 1.06 bits per heavy atom. The van der Waals surface area contributed by atoms with Crippen LogP contribution in [0, 0.1) is 17.7 Å². The van der Waals surface area contributed by atoms with Gasteiger partial charge in [-0.05, 0) is 67.3 Å². The number of carbonyl (C=O) groups is 1. The number of nitrogens with zero attached hydrogens (tertiary/aromatic N) is 2. The molecule has 1 atom stereocenters. The molecule has 34 heavy (non-hydrogen) atoms. The molecule has 0 unspecified atom stereocenters. The van der Waals surface area contributed by atoms with Crippen LogP contribution < -0.4 is 0 Å². The number of Topliss-reactive ketones (excluding diaryl/α,β-unsaturated/α-hetero) is 1. The van der Waals surface area contributed by atoms with Gasteiger partial charge in [0.1, 0.15) is 11.6 Å². The number of imidazole rings is 1. The van der Waals surface area contributed by atoms with Crippen molar-refractivity contribution in [2.75, 3.05) is 5.75 Å². The summed E-state index contributed by atoms with van der Waals surface area (Å²) < 4.78 is 41.0. The van der Waals surface area contributed by atoms with E-state index in [-0.39, 0.29) is 35.1 Å². The first-order chi connectivity index (χ1) is 16.2. The standard InChI is InChI=1S/C27H31FN2O3S/c1-19(21-7-11-24(28)12-8-21)15-27(31)23-5-3-20(4-6-23)17-34(32,33)25-13-9-22(10-14-25)26-16-30(2)18-29-26/h7-14,16,18-20,23H,3-6,15,17H2,1-2H3/t19-,20?,23?/m0/s1. The lowest BCUT2D eigenvalue weighted by molar-refractivity contribution is -0.124. The van der Waals surface area contributed by atoms with Crippen molar-refractivity contribution in [3.8, 4) is 11.3 Å². The van der Waals surface area contributed by atoms with Crippen molar-refractivity contribution in [2.45, 2.75) is 49.8 Å². The van der Waals surface area contributed by atoms with Crippen LogP contribution in [0.2, 0.25) is 0 Å². The second kappa shape index (κ2) is 10.2. The molecule has 5 nitrogen and oxygen atoms in total. The number of carbonyl (C=O) groups excluding carboxylic acids is 1. The van der Waals surface area contributed by atoms with Gasteiger partial charge in [-0.2, -0.15) is 0 Å². The minimum Gasteiger partial charge on any atom is -0.340 e. The first-order valence-electron chi connectivity index (χ1n) is 11.8. The maximum atomic E-state index is 13.1. The Bertz CT molecular complexity index is 1230. The second-order valence-corrected chi connectivity index (χ2v) is 11.6. The summed E-state index contributed by atoms with van der Waals surface area (Å²) in [6, 6.07) is 13.2. The summed E-state index contributed by atoms with van der Waals surface area (Å²) in [5.74, 6) is 0.157. The number of hydrogen-bond acceptors (Lipinski definition) is 4. The zero-order chi connectivity index (χ0) is 24.3. The van der Waals surface area contributed by atoms with Gasteiger partial charge < -0.3 is 4.57 Å². The fourth-order valence-corrected chi connectivity index (χ4v) is 6.53. The molecule has 0 bridgehead atoms. The molecule has 1 fully saturated rings. The summed E-state index contributed by atoms with van der Waals surface area (Å²) in [6.45, 7) is 1.99. The van der Waals surface area contributed by atoms with Crippen LogP contribution in [0.3, 0.4) is 0 Å². The lowest BCUT2D eigenvalue weighted by Crippen LogP contribution is -2.26. The zero-order valence-corrected chi connectivity index (χ0v) is 20.5. The van der Waals surface area contributed by atoms with Crippen LogP contribution in [-0.4, -0.2) is 29.5 Å². The quantitative estimate of drug-likeness (QED) is 0.421. The lowest BCUT2D eigenvalue weighted by Gasteiger charge is -2.28. The highest BCUT2D eigenvalue weighted by molar-refractivity contribution is 7.91. The number of rotatable bonds is 8. The van der Waals surface area contributed by atoms with Crippen molar-refractivity contribution in [1.29, 1.82) is 0 Å². The molecule has 7 heteroatoms. The molecule has 180 valence electrons. The molecular formula is C27H31FN2O3S. The van der Waals surface area contributed by atoms with Crippen LogP contribution in [0.5, 0.6) is 0 Å². The van der Waals surface area contributed by atoms with Crippen molar-refractivity contribution in [1.82, 2.24) is 9.55 Å². The van der Waals surface area contributed by atoms with Gasteiger partial charge in [-0.1, -0.05) is 31.2 Å². The van der Waals surface area contributed by atoms with Gasteiger partial charge in [-0.15, -0.1) is 0 Å². The molecule has 4 rings (SSSR count). The van der Waals surface area contributed by atoms with E-state index in [2.05, 4.69) is 4.98 Å². The Balaban J connectivity index is 1.29. The molecule has 0 N–H and O–H groups in total. The topological polar surface area (TPSA) is 69.0 Å². The Kier molecular flexibility index (Phi) is 7.31. The van der Waals surface area contributed by atoms with Crippen LogP contribution in [0.4, 0.5) is 4.39 Å². The molecule has 0 aliphatic heterocycles. The van der Waals surface area contributed by atoms with Gasteiger partial charge in [0.2, 0.25) is 0 Å². The Morgan fingerprint density at radius 3 is 2.29 bits per heavy atom. The fraction of sp³-hybridized carbons (Fsp3) is 0.407. The maximum Gasteiger partial charge on any atom is 0.178 e. The number of benzene rings is 2. The lowest BCUT2D eigenvalue weighted by atomic mass is 9.78. The van der Waals surface area contributed by atoms with E-state index in [9.17, 15) is 17.6 Å². The summed E-state index contributed by atoms with van der Waals surface area (Å²) in [7, 11) is -1.50. The van der Waals surface area contributed by atoms with Crippen molar-refractivity contribution < 1.29 is 17.6 Å². The molecule has 2 aromatic carbocycles. The highest BCUT2D eigenvalue weighted by atomic mass is 32.2. The summed E-state index contributed by atoms with van der Waals surface area (Å²) in [5, 5.41) is 0. The van der Waals surface area contributed by atoms with Crippen molar-refractivity contribution in [3.05, 3.63) is 72.4 Å². The average molecular weight is 483 g/mol. The third-order valence-corrected chi connectivity index (χ3v) is 8.82. The first kappa shape index (κ1) is 24.3. The van der Waals surface area contributed by atoms with Gasteiger partial charge in [0.25, 0.3) is 0 Å². The van der Waals surface area contributed by atoms with Gasteiger partial charge in [0.15, 0.2) is 9.84 Å². The molecular weight excluding hydrogens is 451 g/mol. The molecule has 0 radical (unpaired) electrons. The largest absolute Gasteiger partial charge is 0.340 e. The van der Waals surface area contributed by atoms with Gasteiger partial charge in [-0.25, -0.2) is 17.8 Å². The number of aryl methyl sites for hydroxylation is 1. The number of hydrogen-bond donors (Lipinski definition) is 0. The maximum absolute atomic E-state index is 13.1. The van der Waals surface area contributed by atoms with E-state index in [4.69, 9.17) is 0 Å². The summed E-state index contributed by atoms with van der Waals surface area (Å²) in [5.41, 5.74) is 2.65. The van der Waals surface area contributed by atoms with E-state index in [0.717, 1.165) is 42.5 Å². The van der Waals surface area contributed by atoms with Crippen LogP contribution in [-0.2, 0) is 21.7 Å². The molecule has 1 heterocycles. The predicted molar refractivity (Wildman–Crippen MR) is 131 cm³/mol. The van der Waals surface area contributed by atoms with E-state index in [1.54, 1.807) is 42.7 Å². The molecule has 0 saturated heterocycles. The molecule has 0 amide bonds. The fourth-order valence-electron chi connectivity index (χ4n) is 4.83. The SMILES string of the molecule is C[C@@H](CC(=O)C1CCC(CS(=O)(=O)c2ccc(-c3cn(C)cn3)cc2)CC1)c1ccc(F)cc1. The minimum atomic E-state index is -3.39. The first-order valence-corrected chi connectivity index (χ1v) is 13.5. The van der Waals surface area contributed by atoms with Crippen LogP contribution in [0.25, 0.3) is 11.3 Å². The molecule has 1 aliphatic carbocycles. The number of sulfone groups is 1. The number of aromatic nitrogens is 2. The smallest absolute Gasteiger partial charge is 0.178 e. The summed E-state index contributed by atoms with van der Waals surface area (Å²) in [4.78, 5) is 17.4. The predicted octanol–water partition coefficient (Wildman–Crippen LogP) is 5.57. The van der Waals surface area contributed by atoms with Crippen molar-refractivity contribution in [3.63, 3.8) is 0 Å².